The quantitative estimate of drug-likeness (QED) is 0.697. The van der Waals surface area contributed by atoms with Crippen molar-refractivity contribution in [2.75, 3.05) is 11.4 Å². The van der Waals surface area contributed by atoms with Gasteiger partial charge in [-0.15, -0.1) is 0 Å². The smallest absolute Gasteiger partial charge is 0.229 e. The van der Waals surface area contributed by atoms with Crippen LogP contribution in [0.15, 0.2) is 6.20 Å². The molecule has 1 unspecified atom stereocenters. The van der Waals surface area contributed by atoms with E-state index >= 15 is 0 Å². The van der Waals surface area contributed by atoms with E-state index < -0.39 is 0 Å². The van der Waals surface area contributed by atoms with Gasteiger partial charge >= 0.3 is 0 Å². The molecule has 0 aliphatic carbocycles. The average molecular weight is 238 g/mol. The van der Waals surface area contributed by atoms with Gasteiger partial charge in [0.05, 0.1) is 6.20 Å². The van der Waals surface area contributed by atoms with E-state index in [1.165, 1.54) is 11.1 Å². The normalized spacial score (nSPS) is 19.9. The van der Waals surface area contributed by atoms with Gasteiger partial charge in [0, 0.05) is 19.0 Å². The predicted octanol–water partition coefficient (Wildman–Crippen LogP) is 0.0657. The molecule has 1 saturated heterocycles. The van der Waals surface area contributed by atoms with Crippen LogP contribution in [-0.4, -0.2) is 28.5 Å². The van der Waals surface area contributed by atoms with E-state index in [0.717, 1.165) is 0 Å². The average Bonchev–Trinajstić information content (AvgIpc) is 2.57. The van der Waals surface area contributed by atoms with Crippen molar-refractivity contribution in [1.29, 1.82) is 5.26 Å². The molecular formula is C9H8ClN5O. The maximum atomic E-state index is 11.6. The number of halogens is 1. The van der Waals surface area contributed by atoms with Gasteiger partial charge in [0.2, 0.25) is 11.2 Å². The van der Waals surface area contributed by atoms with E-state index in [1.807, 2.05) is 6.07 Å². The summed E-state index contributed by atoms with van der Waals surface area (Å²) < 4.78 is 0. The molecular weight excluding hydrogens is 230 g/mol. The Morgan fingerprint density at radius 2 is 2.44 bits per heavy atom. The molecule has 1 atom stereocenters. The van der Waals surface area contributed by atoms with E-state index in [1.54, 1.807) is 0 Å². The lowest BCUT2D eigenvalue weighted by atomic mass is 10.3. The van der Waals surface area contributed by atoms with Crippen molar-refractivity contribution >= 4 is 23.3 Å². The lowest BCUT2D eigenvalue weighted by Crippen LogP contribution is -2.29. The zero-order valence-corrected chi connectivity index (χ0v) is 8.98. The first-order valence-corrected chi connectivity index (χ1v) is 4.98. The zero-order valence-electron chi connectivity index (χ0n) is 8.22. The predicted molar refractivity (Wildman–Crippen MR) is 56.7 cm³/mol. The number of hydrogen-bond donors (Lipinski definition) is 1. The fourth-order valence-electron chi connectivity index (χ4n) is 1.58. The number of carbonyl (C=O) groups is 1. The van der Waals surface area contributed by atoms with Gasteiger partial charge in [0.15, 0.2) is 5.82 Å². The molecule has 2 N–H and O–H groups in total. The summed E-state index contributed by atoms with van der Waals surface area (Å²) in [5, 5.41) is 8.88. The molecule has 0 aromatic carbocycles. The third-order valence-electron chi connectivity index (χ3n) is 2.27. The minimum Gasteiger partial charge on any atom is -0.326 e. The minimum absolute atomic E-state index is 0.00210. The Hall–Kier alpha value is -1.71. The van der Waals surface area contributed by atoms with Crippen molar-refractivity contribution in [1.82, 2.24) is 9.97 Å². The second-order valence-corrected chi connectivity index (χ2v) is 3.79. The van der Waals surface area contributed by atoms with E-state index in [9.17, 15) is 4.79 Å². The number of rotatable bonds is 1. The minimum atomic E-state index is -0.229. The zero-order chi connectivity index (χ0) is 11.7. The molecule has 0 radical (unpaired) electrons. The number of nitriles is 1. The molecule has 0 saturated carbocycles. The van der Waals surface area contributed by atoms with E-state index in [-0.39, 0.29) is 35.0 Å². The van der Waals surface area contributed by atoms with Crippen molar-refractivity contribution in [3.8, 4) is 6.07 Å². The third kappa shape index (κ3) is 1.83. The molecule has 0 spiro atoms. The lowest BCUT2D eigenvalue weighted by Gasteiger charge is -2.15. The standard InChI is InChI=1S/C9H8ClN5O/c10-9-13-3-5(2-11)8(14-9)15-4-6(12)1-7(15)16/h3,6H,1,4,12H2. The maximum absolute atomic E-state index is 11.6. The highest BCUT2D eigenvalue weighted by molar-refractivity contribution is 6.28. The topological polar surface area (TPSA) is 95.9 Å². The first-order chi connectivity index (χ1) is 7.61. The molecule has 2 rings (SSSR count). The molecule has 1 aromatic heterocycles. The second-order valence-electron chi connectivity index (χ2n) is 3.46. The van der Waals surface area contributed by atoms with Crippen LogP contribution in [0.25, 0.3) is 0 Å². The largest absolute Gasteiger partial charge is 0.326 e. The highest BCUT2D eigenvalue weighted by Gasteiger charge is 2.30. The summed E-state index contributed by atoms with van der Waals surface area (Å²) >= 11 is 5.64. The number of amides is 1. The van der Waals surface area contributed by atoms with E-state index in [2.05, 4.69) is 9.97 Å². The maximum Gasteiger partial charge on any atom is 0.229 e. The highest BCUT2D eigenvalue weighted by Crippen LogP contribution is 2.23. The van der Waals surface area contributed by atoms with E-state index in [4.69, 9.17) is 22.6 Å². The molecule has 6 nitrogen and oxygen atoms in total. The summed E-state index contributed by atoms with van der Waals surface area (Å²) in [7, 11) is 0. The molecule has 16 heavy (non-hydrogen) atoms. The summed E-state index contributed by atoms with van der Waals surface area (Å²) in [5.74, 6) is 0.0826. The Balaban J connectivity index is 2.44. The molecule has 1 aromatic rings. The van der Waals surface area contributed by atoms with Gasteiger partial charge in [-0.05, 0) is 11.6 Å². The first-order valence-electron chi connectivity index (χ1n) is 4.60. The highest BCUT2D eigenvalue weighted by atomic mass is 35.5. The fraction of sp³-hybridized carbons (Fsp3) is 0.333. The van der Waals surface area contributed by atoms with Crippen LogP contribution >= 0.6 is 11.6 Å². The van der Waals surface area contributed by atoms with Gasteiger partial charge in [-0.25, -0.2) is 4.98 Å². The van der Waals surface area contributed by atoms with E-state index in [0.29, 0.717) is 6.54 Å². The molecule has 7 heteroatoms. The molecule has 1 aliphatic heterocycles. The fourth-order valence-corrected chi connectivity index (χ4v) is 1.71. The SMILES string of the molecule is N#Cc1cnc(Cl)nc1N1CC(N)CC1=O. The molecule has 1 fully saturated rings. The number of carbonyl (C=O) groups excluding carboxylic acids is 1. The van der Waals surface area contributed by atoms with Crippen molar-refractivity contribution in [3.05, 3.63) is 17.0 Å². The van der Waals surface area contributed by atoms with Crippen molar-refractivity contribution in [2.24, 2.45) is 5.73 Å². The Morgan fingerprint density at radius 3 is 3.00 bits per heavy atom. The van der Waals surface area contributed by atoms with Crippen LogP contribution in [0.5, 0.6) is 0 Å². The van der Waals surface area contributed by atoms with Gasteiger partial charge in [-0.3, -0.25) is 9.69 Å². The number of aromatic nitrogens is 2. The van der Waals surface area contributed by atoms with Crippen LogP contribution in [0.3, 0.4) is 0 Å². The van der Waals surface area contributed by atoms with Crippen LogP contribution in [0.1, 0.15) is 12.0 Å². The first kappa shape index (κ1) is 10.8. The lowest BCUT2D eigenvalue weighted by molar-refractivity contribution is -0.117. The van der Waals surface area contributed by atoms with Gasteiger partial charge in [0.25, 0.3) is 0 Å². The summed E-state index contributed by atoms with van der Waals surface area (Å²) in [6.45, 7) is 0.348. The molecule has 1 amide bonds. The Kier molecular flexibility index (Phi) is 2.73. The summed E-state index contributed by atoms with van der Waals surface area (Å²) in [5.41, 5.74) is 5.88. The van der Waals surface area contributed by atoms with Crippen molar-refractivity contribution in [2.45, 2.75) is 12.5 Å². The summed E-state index contributed by atoms with van der Waals surface area (Å²) in [6, 6.07) is 1.69. The van der Waals surface area contributed by atoms with Crippen LogP contribution in [0.2, 0.25) is 5.28 Å². The van der Waals surface area contributed by atoms with Gasteiger partial charge < -0.3 is 5.73 Å². The van der Waals surface area contributed by atoms with Crippen LogP contribution in [0, 0.1) is 11.3 Å². The monoisotopic (exact) mass is 237 g/mol. The molecule has 82 valence electrons. The van der Waals surface area contributed by atoms with Gasteiger partial charge in [0.1, 0.15) is 11.6 Å². The van der Waals surface area contributed by atoms with Crippen LogP contribution in [0.4, 0.5) is 5.82 Å². The Morgan fingerprint density at radius 1 is 1.69 bits per heavy atom. The third-order valence-corrected chi connectivity index (χ3v) is 2.45. The Bertz CT molecular complexity index is 483. The number of nitrogens with zero attached hydrogens (tertiary/aromatic N) is 4. The summed E-state index contributed by atoms with van der Waals surface area (Å²) in [4.78, 5) is 20.6. The Labute approximate surface area is 96.6 Å². The number of nitrogens with two attached hydrogens (primary N) is 1. The van der Waals surface area contributed by atoms with Gasteiger partial charge in [-0.1, -0.05) is 0 Å². The number of hydrogen-bond acceptors (Lipinski definition) is 5. The second kappa shape index (κ2) is 4.04. The molecule has 1 aliphatic rings. The molecule has 0 bridgehead atoms. The van der Waals surface area contributed by atoms with Crippen LogP contribution < -0.4 is 10.6 Å². The van der Waals surface area contributed by atoms with Crippen molar-refractivity contribution < 1.29 is 4.79 Å². The van der Waals surface area contributed by atoms with Crippen molar-refractivity contribution in [3.63, 3.8) is 0 Å². The molecule has 2 heterocycles. The van der Waals surface area contributed by atoms with Crippen LogP contribution in [-0.2, 0) is 4.79 Å². The summed E-state index contributed by atoms with van der Waals surface area (Å²) in [6.07, 6.45) is 1.55. The van der Waals surface area contributed by atoms with Gasteiger partial charge in [-0.2, -0.15) is 10.2 Å². The number of anilines is 1.